The van der Waals surface area contributed by atoms with Gasteiger partial charge in [0.15, 0.2) is 5.13 Å². The Morgan fingerprint density at radius 2 is 2.25 bits per heavy atom. The standard InChI is InChI=1S/C15H23N3OS/c1-3-6-12(2)14(19)16-8-7-13-11-20-15(17-13)18-9-4-5-10-18/h6,11H,3-5,7-10H2,1-2H3,(H,16,19)/b12-6-. The Balaban J connectivity index is 1.77. The molecule has 0 aliphatic carbocycles. The van der Waals surface area contributed by atoms with Crippen LogP contribution in [-0.2, 0) is 11.2 Å². The quantitative estimate of drug-likeness (QED) is 0.820. The molecule has 0 atom stereocenters. The number of nitrogens with zero attached hydrogens (tertiary/aromatic N) is 2. The number of carbonyl (C=O) groups is 1. The van der Waals surface area contributed by atoms with Gasteiger partial charge in [0.25, 0.3) is 0 Å². The van der Waals surface area contributed by atoms with Crippen LogP contribution >= 0.6 is 11.3 Å². The van der Waals surface area contributed by atoms with Crippen LogP contribution in [0, 0.1) is 0 Å². The largest absolute Gasteiger partial charge is 0.352 e. The number of allylic oxidation sites excluding steroid dienone is 1. The molecule has 5 heteroatoms. The molecule has 1 amide bonds. The van der Waals surface area contributed by atoms with Crippen LogP contribution in [0.4, 0.5) is 5.13 Å². The van der Waals surface area contributed by atoms with Gasteiger partial charge in [-0.1, -0.05) is 13.0 Å². The number of anilines is 1. The molecule has 4 nitrogen and oxygen atoms in total. The van der Waals surface area contributed by atoms with Gasteiger partial charge in [0.2, 0.25) is 5.91 Å². The molecular formula is C15H23N3OS. The molecule has 0 aromatic carbocycles. The van der Waals surface area contributed by atoms with Gasteiger partial charge in [-0.3, -0.25) is 4.79 Å². The lowest BCUT2D eigenvalue weighted by molar-refractivity contribution is -0.117. The summed E-state index contributed by atoms with van der Waals surface area (Å²) >= 11 is 1.71. The normalized spacial score (nSPS) is 15.7. The second-order valence-electron chi connectivity index (χ2n) is 5.12. The van der Waals surface area contributed by atoms with Crippen LogP contribution in [0.1, 0.15) is 38.8 Å². The lowest BCUT2D eigenvalue weighted by Gasteiger charge is -2.12. The summed E-state index contributed by atoms with van der Waals surface area (Å²) in [5.41, 5.74) is 1.87. The van der Waals surface area contributed by atoms with E-state index >= 15 is 0 Å². The van der Waals surface area contributed by atoms with E-state index in [0.717, 1.165) is 42.3 Å². The smallest absolute Gasteiger partial charge is 0.246 e. The van der Waals surface area contributed by atoms with Crippen molar-refractivity contribution in [2.75, 3.05) is 24.5 Å². The molecule has 0 spiro atoms. The first kappa shape index (κ1) is 15.0. The number of carbonyl (C=O) groups excluding carboxylic acids is 1. The Morgan fingerprint density at radius 3 is 2.95 bits per heavy atom. The SMILES string of the molecule is CC/C=C(/C)C(=O)NCCc1csc(N2CCCC2)n1. The molecule has 2 rings (SSSR count). The van der Waals surface area contributed by atoms with Crippen molar-refractivity contribution in [2.24, 2.45) is 0 Å². The summed E-state index contributed by atoms with van der Waals surface area (Å²) in [7, 11) is 0. The van der Waals surface area contributed by atoms with Crippen molar-refractivity contribution in [2.45, 2.75) is 39.5 Å². The van der Waals surface area contributed by atoms with Gasteiger partial charge < -0.3 is 10.2 Å². The van der Waals surface area contributed by atoms with Gasteiger partial charge in [0, 0.05) is 37.0 Å². The molecule has 1 aliphatic heterocycles. The molecule has 20 heavy (non-hydrogen) atoms. The van der Waals surface area contributed by atoms with E-state index in [0.29, 0.717) is 6.54 Å². The lowest BCUT2D eigenvalue weighted by Crippen LogP contribution is -2.26. The zero-order valence-electron chi connectivity index (χ0n) is 12.3. The number of hydrogen-bond donors (Lipinski definition) is 1. The molecule has 0 bridgehead atoms. The maximum Gasteiger partial charge on any atom is 0.246 e. The molecular weight excluding hydrogens is 270 g/mol. The third-order valence-electron chi connectivity index (χ3n) is 3.45. The lowest BCUT2D eigenvalue weighted by atomic mass is 10.2. The van der Waals surface area contributed by atoms with E-state index in [1.165, 1.54) is 12.8 Å². The van der Waals surface area contributed by atoms with Crippen molar-refractivity contribution in [1.82, 2.24) is 10.3 Å². The zero-order chi connectivity index (χ0) is 14.4. The predicted molar refractivity (Wildman–Crippen MR) is 84.3 cm³/mol. The maximum absolute atomic E-state index is 11.7. The number of hydrogen-bond acceptors (Lipinski definition) is 4. The van der Waals surface area contributed by atoms with E-state index in [4.69, 9.17) is 0 Å². The Hall–Kier alpha value is -1.36. The number of nitrogens with one attached hydrogen (secondary N) is 1. The average molecular weight is 293 g/mol. The van der Waals surface area contributed by atoms with Crippen LogP contribution in [0.5, 0.6) is 0 Å². The number of amides is 1. The molecule has 0 saturated carbocycles. The van der Waals surface area contributed by atoms with Crippen molar-refractivity contribution in [3.8, 4) is 0 Å². The average Bonchev–Trinajstić information content (AvgIpc) is 3.09. The van der Waals surface area contributed by atoms with Gasteiger partial charge in [0.05, 0.1) is 5.69 Å². The highest BCUT2D eigenvalue weighted by Crippen LogP contribution is 2.24. The van der Waals surface area contributed by atoms with E-state index in [1.807, 2.05) is 19.9 Å². The number of rotatable bonds is 6. The fraction of sp³-hybridized carbons (Fsp3) is 0.600. The highest BCUT2D eigenvalue weighted by molar-refractivity contribution is 7.13. The minimum atomic E-state index is 0.0295. The summed E-state index contributed by atoms with van der Waals surface area (Å²) in [6.07, 6.45) is 6.19. The maximum atomic E-state index is 11.7. The second kappa shape index (κ2) is 7.43. The fourth-order valence-electron chi connectivity index (χ4n) is 2.31. The molecule has 2 heterocycles. The first-order valence-electron chi connectivity index (χ1n) is 7.35. The predicted octanol–water partition coefficient (Wildman–Crippen LogP) is 2.76. The molecule has 1 fully saturated rings. The van der Waals surface area contributed by atoms with Crippen LogP contribution in [0.25, 0.3) is 0 Å². The van der Waals surface area contributed by atoms with Crippen molar-refractivity contribution < 1.29 is 4.79 Å². The molecule has 1 aromatic heterocycles. The first-order valence-corrected chi connectivity index (χ1v) is 8.23. The first-order chi connectivity index (χ1) is 9.70. The molecule has 1 saturated heterocycles. The molecule has 1 aliphatic rings. The Labute approximate surface area is 124 Å². The zero-order valence-corrected chi connectivity index (χ0v) is 13.1. The minimum absolute atomic E-state index is 0.0295. The minimum Gasteiger partial charge on any atom is -0.352 e. The van der Waals surface area contributed by atoms with Crippen molar-refractivity contribution >= 4 is 22.4 Å². The van der Waals surface area contributed by atoms with E-state index in [-0.39, 0.29) is 5.91 Å². The summed E-state index contributed by atoms with van der Waals surface area (Å²) in [4.78, 5) is 18.7. The van der Waals surface area contributed by atoms with Crippen molar-refractivity contribution in [3.05, 3.63) is 22.7 Å². The second-order valence-corrected chi connectivity index (χ2v) is 5.95. The van der Waals surface area contributed by atoms with Crippen LogP contribution < -0.4 is 10.2 Å². The molecule has 1 N–H and O–H groups in total. The van der Waals surface area contributed by atoms with Gasteiger partial charge in [-0.05, 0) is 26.2 Å². The summed E-state index contributed by atoms with van der Waals surface area (Å²) in [6.45, 7) is 6.80. The highest BCUT2D eigenvalue weighted by Gasteiger charge is 2.15. The van der Waals surface area contributed by atoms with Crippen molar-refractivity contribution in [3.63, 3.8) is 0 Å². The third-order valence-corrected chi connectivity index (χ3v) is 4.40. The van der Waals surface area contributed by atoms with Gasteiger partial charge in [-0.2, -0.15) is 0 Å². The number of aromatic nitrogens is 1. The number of thiazole rings is 1. The Bertz CT molecular complexity index is 475. The van der Waals surface area contributed by atoms with Gasteiger partial charge >= 0.3 is 0 Å². The molecule has 0 radical (unpaired) electrons. The molecule has 110 valence electrons. The summed E-state index contributed by atoms with van der Waals surface area (Å²) < 4.78 is 0. The summed E-state index contributed by atoms with van der Waals surface area (Å²) in [5, 5.41) is 6.17. The van der Waals surface area contributed by atoms with Crippen LogP contribution in [0.3, 0.4) is 0 Å². The monoisotopic (exact) mass is 293 g/mol. The molecule has 1 aromatic rings. The van der Waals surface area contributed by atoms with E-state index in [2.05, 4.69) is 20.6 Å². The Morgan fingerprint density at radius 1 is 1.50 bits per heavy atom. The highest BCUT2D eigenvalue weighted by atomic mass is 32.1. The summed E-state index contributed by atoms with van der Waals surface area (Å²) in [6, 6.07) is 0. The van der Waals surface area contributed by atoms with E-state index in [1.54, 1.807) is 11.3 Å². The van der Waals surface area contributed by atoms with E-state index in [9.17, 15) is 4.79 Å². The Kier molecular flexibility index (Phi) is 5.59. The van der Waals surface area contributed by atoms with Gasteiger partial charge in [-0.25, -0.2) is 4.98 Å². The van der Waals surface area contributed by atoms with Crippen LogP contribution in [0.2, 0.25) is 0 Å². The third kappa shape index (κ3) is 4.07. The van der Waals surface area contributed by atoms with Gasteiger partial charge in [-0.15, -0.1) is 11.3 Å². The van der Waals surface area contributed by atoms with Crippen LogP contribution in [0.15, 0.2) is 17.0 Å². The van der Waals surface area contributed by atoms with Gasteiger partial charge in [0.1, 0.15) is 0 Å². The summed E-state index contributed by atoms with van der Waals surface area (Å²) in [5.74, 6) is 0.0295. The fourth-order valence-corrected chi connectivity index (χ4v) is 3.22. The molecule has 0 unspecified atom stereocenters. The topological polar surface area (TPSA) is 45.2 Å². The van der Waals surface area contributed by atoms with Crippen LogP contribution in [-0.4, -0.2) is 30.5 Å². The van der Waals surface area contributed by atoms with E-state index < -0.39 is 0 Å². The van der Waals surface area contributed by atoms with Crippen molar-refractivity contribution in [1.29, 1.82) is 0 Å².